The number of hydrogen-bond acceptors (Lipinski definition) is 5. The Hall–Kier alpha value is -2.32. The maximum absolute atomic E-state index is 13.3. The number of ether oxygens (including phenoxy) is 1. The maximum atomic E-state index is 13.3. The molecule has 0 unspecified atom stereocenters. The molecule has 162 valence electrons. The van der Waals surface area contributed by atoms with Crippen LogP contribution in [-0.2, 0) is 0 Å². The van der Waals surface area contributed by atoms with Crippen molar-refractivity contribution in [1.82, 2.24) is 15.1 Å². The minimum Gasteiger partial charge on any atom is -0.488 e. The van der Waals surface area contributed by atoms with E-state index >= 15 is 0 Å². The van der Waals surface area contributed by atoms with Crippen LogP contribution in [0, 0.1) is 5.92 Å². The van der Waals surface area contributed by atoms with Gasteiger partial charge < -0.3 is 30.3 Å². The molecule has 3 atom stereocenters. The van der Waals surface area contributed by atoms with Gasteiger partial charge >= 0.3 is 6.03 Å². The molecule has 8 heteroatoms. The van der Waals surface area contributed by atoms with Crippen LogP contribution in [0.15, 0.2) is 18.2 Å². The van der Waals surface area contributed by atoms with E-state index in [0.717, 1.165) is 0 Å². The molecule has 0 saturated carbocycles. The lowest BCUT2D eigenvalue weighted by Crippen LogP contribution is -2.49. The van der Waals surface area contributed by atoms with Crippen LogP contribution in [0.25, 0.3) is 0 Å². The van der Waals surface area contributed by atoms with E-state index in [0.29, 0.717) is 30.1 Å². The summed E-state index contributed by atoms with van der Waals surface area (Å²) in [5.41, 5.74) is 0.886. The number of benzene rings is 1. The van der Waals surface area contributed by atoms with Crippen molar-refractivity contribution >= 4 is 17.6 Å². The summed E-state index contributed by atoms with van der Waals surface area (Å²) in [5, 5.41) is 15.2. The van der Waals surface area contributed by atoms with Gasteiger partial charge in [0.15, 0.2) is 0 Å². The van der Waals surface area contributed by atoms with Crippen molar-refractivity contribution in [3.63, 3.8) is 0 Å². The van der Waals surface area contributed by atoms with E-state index in [1.54, 1.807) is 23.1 Å². The molecule has 1 aromatic rings. The van der Waals surface area contributed by atoms with Crippen molar-refractivity contribution in [3.05, 3.63) is 23.8 Å². The molecular weight excluding hydrogens is 372 g/mol. The van der Waals surface area contributed by atoms with Crippen LogP contribution in [0.3, 0.4) is 0 Å². The van der Waals surface area contributed by atoms with Gasteiger partial charge in [-0.1, -0.05) is 6.92 Å². The van der Waals surface area contributed by atoms with Gasteiger partial charge in [0.2, 0.25) is 0 Å². The summed E-state index contributed by atoms with van der Waals surface area (Å²) < 4.78 is 6.24. The van der Waals surface area contributed by atoms with Gasteiger partial charge in [-0.05, 0) is 53.1 Å². The Bertz CT molecular complexity index is 723. The largest absolute Gasteiger partial charge is 0.488 e. The first-order valence-electron chi connectivity index (χ1n) is 10.1. The second-order valence-corrected chi connectivity index (χ2v) is 8.35. The highest BCUT2D eigenvalue weighted by Gasteiger charge is 2.33. The smallest absolute Gasteiger partial charge is 0.319 e. The number of hydrogen-bond donors (Lipinski definition) is 3. The summed E-state index contributed by atoms with van der Waals surface area (Å²) in [4.78, 5) is 29.1. The molecule has 2 rings (SSSR count). The fraction of sp³-hybridized carbons (Fsp3) is 0.619. The fourth-order valence-electron chi connectivity index (χ4n) is 3.31. The monoisotopic (exact) mass is 406 g/mol. The first-order chi connectivity index (χ1) is 13.6. The summed E-state index contributed by atoms with van der Waals surface area (Å²) >= 11 is 0. The predicted molar refractivity (Wildman–Crippen MR) is 113 cm³/mol. The number of anilines is 1. The van der Waals surface area contributed by atoms with Gasteiger partial charge in [0.05, 0.1) is 18.2 Å². The van der Waals surface area contributed by atoms with Crippen LogP contribution in [0.5, 0.6) is 5.75 Å². The first-order valence-corrected chi connectivity index (χ1v) is 10.1. The summed E-state index contributed by atoms with van der Waals surface area (Å²) in [6.07, 6.45) is -0.117. The first kappa shape index (κ1) is 23.0. The summed E-state index contributed by atoms with van der Waals surface area (Å²) in [5.74, 6) is 0.348. The summed E-state index contributed by atoms with van der Waals surface area (Å²) in [6.45, 7) is 8.68. The topological polar surface area (TPSA) is 94.1 Å². The van der Waals surface area contributed by atoms with Crippen molar-refractivity contribution in [2.75, 3.05) is 39.1 Å². The van der Waals surface area contributed by atoms with Gasteiger partial charge in [0.25, 0.3) is 5.91 Å². The molecule has 1 aromatic carbocycles. The highest BCUT2D eigenvalue weighted by atomic mass is 16.5. The number of nitrogens with zero attached hydrogens (tertiary/aromatic N) is 2. The molecule has 0 bridgehead atoms. The third-order valence-electron chi connectivity index (χ3n) is 4.89. The van der Waals surface area contributed by atoms with E-state index in [9.17, 15) is 14.7 Å². The lowest BCUT2D eigenvalue weighted by molar-refractivity contribution is 0.0363. The molecule has 0 fully saturated rings. The Morgan fingerprint density at radius 3 is 2.62 bits per heavy atom. The molecule has 8 nitrogen and oxygen atoms in total. The predicted octanol–water partition coefficient (Wildman–Crippen LogP) is 2.00. The number of aliphatic hydroxyl groups excluding tert-OH is 1. The number of nitrogens with one attached hydrogen (secondary N) is 2. The standard InChI is InChI=1S/C21H34N4O4/c1-13(2)22-21(28)23-16-7-8-18-17(9-16)20(27)25(15(4)12-26)10-14(3)19(29-18)11-24(5)6/h7-9,13-15,19,26H,10-12H2,1-6H3,(H2,22,23,28)/t14-,15+,19-/m0/s1. The van der Waals surface area contributed by atoms with E-state index < -0.39 is 0 Å². The zero-order chi connectivity index (χ0) is 21.7. The van der Waals surface area contributed by atoms with Gasteiger partial charge in [-0.2, -0.15) is 0 Å². The van der Waals surface area contributed by atoms with E-state index in [2.05, 4.69) is 22.5 Å². The number of carbonyl (C=O) groups is 2. The molecule has 1 heterocycles. The molecule has 1 aliphatic rings. The Morgan fingerprint density at radius 2 is 2.03 bits per heavy atom. The number of rotatable bonds is 6. The molecular formula is C21H34N4O4. The van der Waals surface area contributed by atoms with E-state index in [1.165, 1.54) is 0 Å². The molecule has 0 radical (unpaired) electrons. The van der Waals surface area contributed by atoms with Crippen LogP contribution < -0.4 is 15.4 Å². The lowest BCUT2D eigenvalue weighted by Gasteiger charge is -2.37. The SMILES string of the molecule is CC(C)NC(=O)Nc1ccc2c(c1)C(=O)N([C@H](C)CO)C[C@H](C)[C@H](CN(C)C)O2. The number of urea groups is 1. The fourth-order valence-corrected chi connectivity index (χ4v) is 3.31. The number of likely N-dealkylation sites (N-methyl/N-ethyl adjacent to an activating group) is 1. The highest BCUT2D eigenvalue weighted by molar-refractivity contribution is 5.99. The Labute approximate surface area is 173 Å². The minimum atomic E-state index is -0.334. The normalized spacial score (nSPS) is 20.6. The molecule has 0 saturated heterocycles. The van der Waals surface area contributed by atoms with Crippen LogP contribution in [0.4, 0.5) is 10.5 Å². The molecule has 1 aliphatic heterocycles. The average molecular weight is 407 g/mol. The second kappa shape index (κ2) is 9.93. The van der Waals surface area contributed by atoms with E-state index in [-0.39, 0.29) is 42.7 Å². The van der Waals surface area contributed by atoms with Gasteiger partial charge in [-0.15, -0.1) is 0 Å². The second-order valence-electron chi connectivity index (χ2n) is 8.35. The van der Waals surface area contributed by atoms with Crippen molar-refractivity contribution in [1.29, 1.82) is 0 Å². The lowest BCUT2D eigenvalue weighted by atomic mass is 9.99. The van der Waals surface area contributed by atoms with Crippen molar-refractivity contribution in [2.24, 2.45) is 5.92 Å². The Kier molecular flexibility index (Phi) is 7.87. The highest BCUT2D eigenvalue weighted by Crippen LogP contribution is 2.30. The molecule has 0 spiro atoms. The quantitative estimate of drug-likeness (QED) is 0.672. The molecule has 0 aliphatic carbocycles. The molecule has 3 amide bonds. The van der Waals surface area contributed by atoms with Crippen LogP contribution >= 0.6 is 0 Å². The Balaban J connectivity index is 2.41. The van der Waals surface area contributed by atoms with Crippen LogP contribution in [0.1, 0.15) is 38.1 Å². The number of fused-ring (bicyclic) bond motifs is 1. The molecule has 3 N–H and O–H groups in total. The van der Waals surface area contributed by atoms with Gasteiger partial charge in [0.1, 0.15) is 11.9 Å². The minimum absolute atomic E-state index is 0.00141. The number of amides is 3. The average Bonchev–Trinajstić information content (AvgIpc) is 2.63. The van der Waals surface area contributed by atoms with E-state index in [1.807, 2.05) is 34.9 Å². The van der Waals surface area contributed by atoms with E-state index in [4.69, 9.17) is 4.74 Å². The molecule has 0 aromatic heterocycles. The van der Waals surface area contributed by atoms with Gasteiger partial charge in [0, 0.05) is 30.7 Å². The number of carbonyl (C=O) groups excluding carboxylic acids is 2. The summed E-state index contributed by atoms with van der Waals surface area (Å²) in [7, 11) is 3.96. The third-order valence-corrected chi connectivity index (χ3v) is 4.89. The summed E-state index contributed by atoms with van der Waals surface area (Å²) in [6, 6.07) is 4.43. The van der Waals surface area contributed by atoms with Gasteiger partial charge in [-0.25, -0.2) is 4.79 Å². The molecule has 29 heavy (non-hydrogen) atoms. The van der Waals surface area contributed by atoms with Gasteiger partial charge in [-0.3, -0.25) is 4.79 Å². The zero-order valence-corrected chi connectivity index (χ0v) is 18.2. The Morgan fingerprint density at radius 1 is 1.34 bits per heavy atom. The number of aliphatic hydroxyl groups is 1. The van der Waals surface area contributed by atoms with Crippen LogP contribution in [0.2, 0.25) is 0 Å². The van der Waals surface area contributed by atoms with Crippen molar-refractivity contribution in [3.8, 4) is 5.75 Å². The third kappa shape index (κ3) is 6.08. The van der Waals surface area contributed by atoms with Crippen molar-refractivity contribution in [2.45, 2.75) is 45.9 Å². The maximum Gasteiger partial charge on any atom is 0.319 e. The van der Waals surface area contributed by atoms with Crippen LogP contribution in [-0.4, -0.2) is 78.8 Å². The zero-order valence-electron chi connectivity index (χ0n) is 18.2. The van der Waals surface area contributed by atoms with Crippen molar-refractivity contribution < 1.29 is 19.4 Å².